The number of nitrogens with one attached hydrogen (secondary N) is 1. The molecule has 0 spiro atoms. The van der Waals surface area contributed by atoms with Crippen molar-refractivity contribution in [2.24, 2.45) is 0 Å². The summed E-state index contributed by atoms with van der Waals surface area (Å²) in [5.41, 5.74) is 2.95. The zero-order chi connectivity index (χ0) is 18.5. The van der Waals surface area contributed by atoms with E-state index in [2.05, 4.69) is 40.1 Å². The molecule has 0 atom stereocenters. The van der Waals surface area contributed by atoms with Crippen LogP contribution in [-0.2, 0) is 11.3 Å². The molecule has 0 bridgehead atoms. The second-order valence-corrected chi connectivity index (χ2v) is 6.58. The van der Waals surface area contributed by atoms with Gasteiger partial charge in [-0.3, -0.25) is 9.69 Å². The number of benzene rings is 2. The zero-order valence-electron chi connectivity index (χ0n) is 14.6. The number of hydrogen-bond acceptors (Lipinski definition) is 3. The van der Waals surface area contributed by atoms with Crippen molar-refractivity contribution in [3.05, 3.63) is 59.7 Å². The lowest BCUT2D eigenvalue weighted by Crippen LogP contribution is -2.34. The first-order valence-corrected chi connectivity index (χ1v) is 8.64. The lowest BCUT2D eigenvalue weighted by Gasteiger charge is -2.21. The molecule has 0 aromatic heterocycles. The Morgan fingerprint density at radius 3 is 2.58 bits per heavy atom. The average molecular weight is 360 g/mol. The number of alkyl halides is 2. The molecule has 1 fully saturated rings. The molecule has 4 nitrogen and oxygen atoms in total. The number of rotatable bonds is 8. The Morgan fingerprint density at radius 2 is 1.96 bits per heavy atom. The monoisotopic (exact) mass is 360 g/mol. The molecule has 138 valence electrons. The van der Waals surface area contributed by atoms with Crippen LogP contribution in [0.3, 0.4) is 0 Å². The first-order valence-electron chi connectivity index (χ1n) is 8.64. The fourth-order valence-corrected chi connectivity index (χ4v) is 2.90. The van der Waals surface area contributed by atoms with E-state index >= 15 is 0 Å². The summed E-state index contributed by atoms with van der Waals surface area (Å²) in [5.74, 6) is -0.0517. The minimum atomic E-state index is -2.86. The van der Waals surface area contributed by atoms with Crippen molar-refractivity contribution >= 4 is 11.6 Å². The molecular weight excluding hydrogens is 338 g/mol. The van der Waals surface area contributed by atoms with Crippen LogP contribution in [0.15, 0.2) is 48.5 Å². The highest BCUT2D eigenvalue weighted by molar-refractivity contribution is 5.92. The highest BCUT2D eigenvalue weighted by Crippen LogP contribution is 2.28. The Bertz CT molecular complexity index is 746. The van der Waals surface area contributed by atoms with Crippen molar-refractivity contribution in [1.29, 1.82) is 0 Å². The van der Waals surface area contributed by atoms with Gasteiger partial charge in [0.05, 0.1) is 6.54 Å². The van der Waals surface area contributed by atoms with Crippen molar-refractivity contribution in [3.8, 4) is 5.75 Å². The maximum absolute atomic E-state index is 12.4. The van der Waals surface area contributed by atoms with Crippen LogP contribution in [0.5, 0.6) is 5.75 Å². The second kappa shape index (κ2) is 8.27. The third-order valence-electron chi connectivity index (χ3n) is 4.24. The number of carbonyl (C=O) groups excluding carboxylic acids is 1. The smallest absolute Gasteiger partial charge is 0.387 e. The van der Waals surface area contributed by atoms with E-state index < -0.39 is 6.61 Å². The topological polar surface area (TPSA) is 41.6 Å². The third-order valence-corrected chi connectivity index (χ3v) is 4.24. The molecule has 1 N–H and O–H groups in total. The summed E-state index contributed by atoms with van der Waals surface area (Å²) >= 11 is 0. The van der Waals surface area contributed by atoms with Crippen LogP contribution < -0.4 is 10.1 Å². The molecule has 2 aromatic rings. The first-order chi connectivity index (χ1) is 12.5. The summed E-state index contributed by atoms with van der Waals surface area (Å²) in [4.78, 5) is 14.5. The minimum absolute atomic E-state index is 0.0667. The van der Waals surface area contributed by atoms with E-state index in [1.165, 1.54) is 23.3 Å². The van der Waals surface area contributed by atoms with Crippen LogP contribution in [0.4, 0.5) is 14.5 Å². The van der Waals surface area contributed by atoms with Crippen LogP contribution in [0, 0.1) is 6.92 Å². The number of carbonyl (C=O) groups is 1. The number of anilines is 1. The average Bonchev–Trinajstić information content (AvgIpc) is 3.40. The van der Waals surface area contributed by atoms with E-state index in [4.69, 9.17) is 0 Å². The predicted octanol–water partition coefficient (Wildman–Crippen LogP) is 4.20. The predicted molar refractivity (Wildman–Crippen MR) is 96.3 cm³/mol. The molecule has 0 aliphatic heterocycles. The van der Waals surface area contributed by atoms with Gasteiger partial charge in [0.2, 0.25) is 5.91 Å². The first kappa shape index (κ1) is 18.3. The van der Waals surface area contributed by atoms with E-state index in [1.807, 2.05) is 6.07 Å². The number of aryl methyl sites for hydroxylation is 1. The van der Waals surface area contributed by atoms with Gasteiger partial charge in [0, 0.05) is 18.3 Å². The van der Waals surface area contributed by atoms with Crippen LogP contribution in [-0.4, -0.2) is 30.0 Å². The Labute approximate surface area is 151 Å². The van der Waals surface area contributed by atoms with Gasteiger partial charge >= 0.3 is 6.61 Å². The van der Waals surface area contributed by atoms with Crippen molar-refractivity contribution in [2.45, 2.75) is 39.0 Å². The van der Waals surface area contributed by atoms with Gasteiger partial charge in [0.25, 0.3) is 0 Å². The maximum Gasteiger partial charge on any atom is 0.387 e. The van der Waals surface area contributed by atoms with Gasteiger partial charge in [-0.05, 0) is 49.6 Å². The van der Waals surface area contributed by atoms with Crippen LogP contribution in [0.25, 0.3) is 0 Å². The quantitative estimate of drug-likeness (QED) is 0.767. The molecule has 6 heteroatoms. The van der Waals surface area contributed by atoms with Gasteiger partial charge in [-0.2, -0.15) is 8.78 Å². The van der Waals surface area contributed by atoms with Crippen molar-refractivity contribution in [1.82, 2.24) is 4.90 Å². The van der Waals surface area contributed by atoms with E-state index in [9.17, 15) is 13.6 Å². The van der Waals surface area contributed by atoms with E-state index in [0.29, 0.717) is 18.3 Å². The fraction of sp³-hybridized carbons (Fsp3) is 0.350. The number of nitrogens with zero attached hydrogens (tertiary/aromatic N) is 1. The van der Waals surface area contributed by atoms with Crippen LogP contribution >= 0.6 is 0 Å². The Balaban J connectivity index is 1.56. The summed E-state index contributed by atoms with van der Waals surface area (Å²) in [6.07, 6.45) is 2.22. The second-order valence-electron chi connectivity index (χ2n) is 6.58. The summed E-state index contributed by atoms with van der Waals surface area (Å²) in [6, 6.07) is 14.7. The van der Waals surface area contributed by atoms with Gasteiger partial charge in [-0.1, -0.05) is 29.8 Å². The highest BCUT2D eigenvalue weighted by atomic mass is 19.3. The van der Waals surface area contributed by atoms with Crippen molar-refractivity contribution in [2.75, 3.05) is 11.9 Å². The number of hydrogen-bond donors (Lipinski definition) is 1. The summed E-state index contributed by atoms with van der Waals surface area (Å²) in [6.45, 7) is 0.234. The molecule has 1 saturated carbocycles. The summed E-state index contributed by atoms with van der Waals surface area (Å²) < 4.78 is 28.6. The van der Waals surface area contributed by atoms with Gasteiger partial charge in [0.1, 0.15) is 5.75 Å². The Morgan fingerprint density at radius 1 is 1.23 bits per heavy atom. The molecule has 26 heavy (non-hydrogen) atoms. The van der Waals surface area contributed by atoms with Crippen molar-refractivity contribution < 1.29 is 18.3 Å². The Kier molecular flexibility index (Phi) is 5.83. The third kappa shape index (κ3) is 5.52. The van der Waals surface area contributed by atoms with Crippen LogP contribution in [0.2, 0.25) is 0 Å². The van der Waals surface area contributed by atoms with E-state index in [0.717, 1.165) is 19.4 Å². The number of amides is 1. The maximum atomic E-state index is 12.4. The minimum Gasteiger partial charge on any atom is -0.435 e. The molecule has 0 saturated heterocycles. The molecule has 3 rings (SSSR count). The SMILES string of the molecule is Cc1cccc(CN(CC(=O)Nc2ccc(OC(F)F)cc2)C2CC2)c1. The van der Waals surface area contributed by atoms with Crippen LogP contribution in [0.1, 0.15) is 24.0 Å². The summed E-state index contributed by atoms with van der Waals surface area (Å²) in [5, 5.41) is 2.81. The largest absolute Gasteiger partial charge is 0.435 e. The van der Waals surface area contributed by atoms with Gasteiger partial charge in [0.15, 0.2) is 0 Å². The summed E-state index contributed by atoms with van der Waals surface area (Å²) in [7, 11) is 0. The van der Waals surface area contributed by atoms with Crippen molar-refractivity contribution in [3.63, 3.8) is 0 Å². The normalized spacial score (nSPS) is 13.9. The van der Waals surface area contributed by atoms with Gasteiger partial charge in [-0.15, -0.1) is 0 Å². The lowest BCUT2D eigenvalue weighted by molar-refractivity contribution is -0.117. The zero-order valence-corrected chi connectivity index (χ0v) is 14.6. The number of halogens is 2. The molecule has 1 amide bonds. The van der Waals surface area contributed by atoms with E-state index in [1.54, 1.807) is 12.1 Å². The molecular formula is C20H22F2N2O2. The van der Waals surface area contributed by atoms with E-state index in [-0.39, 0.29) is 11.7 Å². The molecule has 0 radical (unpaired) electrons. The fourth-order valence-electron chi connectivity index (χ4n) is 2.90. The molecule has 1 aliphatic carbocycles. The molecule has 0 unspecified atom stereocenters. The highest BCUT2D eigenvalue weighted by Gasteiger charge is 2.30. The lowest BCUT2D eigenvalue weighted by atomic mass is 10.1. The molecule has 0 heterocycles. The number of ether oxygens (including phenoxy) is 1. The Hall–Kier alpha value is -2.47. The van der Waals surface area contributed by atoms with Gasteiger partial charge < -0.3 is 10.1 Å². The standard InChI is InChI=1S/C20H22F2N2O2/c1-14-3-2-4-15(11-14)12-24(17-7-8-17)13-19(25)23-16-5-9-18(10-6-16)26-20(21)22/h2-6,9-11,17,20H,7-8,12-13H2,1H3,(H,23,25). The molecule has 2 aromatic carbocycles. The molecule has 1 aliphatic rings. The van der Waals surface area contributed by atoms with Gasteiger partial charge in [-0.25, -0.2) is 0 Å².